The van der Waals surface area contributed by atoms with E-state index in [-0.39, 0.29) is 17.2 Å². The van der Waals surface area contributed by atoms with E-state index < -0.39 is 0 Å². The molecule has 4 nitrogen and oxygen atoms in total. The third-order valence-electron chi connectivity index (χ3n) is 5.30. The lowest BCUT2D eigenvalue weighted by Crippen LogP contribution is -2.31. The molecule has 1 amide bonds. The molecule has 1 spiro atoms. The summed E-state index contributed by atoms with van der Waals surface area (Å²) in [5.41, 5.74) is 2.35. The average Bonchev–Trinajstić information content (AvgIpc) is 3.22. The fourth-order valence-electron chi connectivity index (χ4n) is 3.90. The number of benzene rings is 1. The number of piperidine rings is 1. The first-order valence-electron chi connectivity index (χ1n) is 8.05. The number of ether oxygens (including phenoxy) is 1. The highest BCUT2D eigenvalue weighted by molar-refractivity contribution is 5.96. The second-order valence-electron chi connectivity index (χ2n) is 6.60. The summed E-state index contributed by atoms with van der Waals surface area (Å²) in [5, 5.41) is 6.50. The van der Waals surface area contributed by atoms with Gasteiger partial charge in [-0.15, -0.1) is 0 Å². The van der Waals surface area contributed by atoms with Crippen molar-refractivity contribution in [2.24, 2.45) is 11.3 Å². The maximum Gasteiger partial charge on any atom is 0.228 e. The molecule has 112 valence electrons. The summed E-state index contributed by atoms with van der Waals surface area (Å²) in [6.45, 7) is 2.85. The summed E-state index contributed by atoms with van der Waals surface area (Å²) < 4.78 is 5.77. The number of rotatable bonds is 2. The summed E-state index contributed by atoms with van der Waals surface area (Å²) in [7, 11) is 0. The third kappa shape index (κ3) is 2.31. The van der Waals surface area contributed by atoms with Gasteiger partial charge in [0.25, 0.3) is 0 Å². The Morgan fingerprint density at radius 1 is 1.33 bits per heavy atom. The summed E-state index contributed by atoms with van der Waals surface area (Å²) in [6, 6.07) is 6.06. The second-order valence-corrected chi connectivity index (χ2v) is 6.60. The van der Waals surface area contributed by atoms with Gasteiger partial charge in [-0.2, -0.15) is 0 Å². The summed E-state index contributed by atoms with van der Waals surface area (Å²) in [4.78, 5) is 12.5. The molecule has 2 heterocycles. The highest BCUT2D eigenvalue weighted by atomic mass is 16.5. The predicted molar refractivity (Wildman–Crippen MR) is 81.5 cm³/mol. The van der Waals surface area contributed by atoms with Gasteiger partial charge in [-0.3, -0.25) is 4.79 Å². The van der Waals surface area contributed by atoms with Gasteiger partial charge in [-0.05, 0) is 62.2 Å². The van der Waals surface area contributed by atoms with E-state index in [0.717, 1.165) is 63.2 Å². The van der Waals surface area contributed by atoms with Crippen LogP contribution in [0.25, 0.3) is 0 Å². The maximum atomic E-state index is 12.5. The molecule has 1 saturated heterocycles. The first-order valence-corrected chi connectivity index (χ1v) is 8.05. The largest absolute Gasteiger partial charge is 0.491 e. The van der Waals surface area contributed by atoms with Crippen LogP contribution in [0.3, 0.4) is 0 Å². The molecule has 4 rings (SSSR count). The van der Waals surface area contributed by atoms with Crippen molar-refractivity contribution in [2.45, 2.75) is 32.1 Å². The Bertz CT molecular complexity index is 564. The SMILES string of the molecule is O=C(Nc1cccc2c1OCCC2)C1CC12CCNCC2. The number of amides is 1. The topological polar surface area (TPSA) is 50.4 Å². The lowest BCUT2D eigenvalue weighted by Gasteiger charge is -2.24. The second kappa shape index (κ2) is 5.02. The third-order valence-corrected chi connectivity index (χ3v) is 5.30. The molecule has 1 atom stereocenters. The van der Waals surface area contributed by atoms with Crippen LogP contribution in [0.1, 0.15) is 31.2 Å². The zero-order valence-electron chi connectivity index (χ0n) is 12.3. The number of para-hydroxylation sites is 1. The van der Waals surface area contributed by atoms with E-state index in [9.17, 15) is 4.79 Å². The van der Waals surface area contributed by atoms with E-state index in [1.165, 1.54) is 5.56 Å². The number of anilines is 1. The number of hydrogen-bond acceptors (Lipinski definition) is 3. The summed E-state index contributed by atoms with van der Waals surface area (Å²) in [6.07, 6.45) is 5.42. The van der Waals surface area contributed by atoms with Crippen LogP contribution in [0.2, 0.25) is 0 Å². The molecule has 3 aliphatic rings. The van der Waals surface area contributed by atoms with Crippen molar-refractivity contribution in [2.75, 3.05) is 25.0 Å². The van der Waals surface area contributed by atoms with Crippen molar-refractivity contribution < 1.29 is 9.53 Å². The highest BCUT2D eigenvalue weighted by Gasteiger charge is 2.57. The molecule has 1 aromatic rings. The van der Waals surface area contributed by atoms with Gasteiger partial charge >= 0.3 is 0 Å². The molecular weight excluding hydrogens is 264 g/mol. The number of carbonyl (C=O) groups is 1. The van der Waals surface area contributed by atoms with Crippen molar-refractivity contribution in [3.63, 3.8) is 0 Å². The maximum absolute atomic E-state index is 12.5. The number of nitrogens with one attached hydrogen (secondary N) is 2. The van der Waals surface area contributed by atoms with Gasteiger partial charge < -0.3 is 15.4 Å². The van der Waals surface area contributed by atoms with Gasteiger partial charge in [-0.25, -0.2) is 0 Å². The van der Waals surface area contributed by atoms with Crippen molar-refractivity contribution >= 4 is 11.6 Å². The molecule has 2 aliphatic heterocycles. The van der Waals surface area contributed by atoms with E-state index in [2.05, 4.69) is 16.7 Å². The van der Waals surface area contributed by atoms with E-state index in [4.69, 9.17) is 4.74 Å². The van der Waals surface area contributed by atoms with Crippen molar-refractivity contribution in [3.8, 4) is 5.75 Å². The highest BCUT2D eigenvalue weighted by Crippen LogP contribution is 2.59. The minimum absolute atomic E-state index is 0.180. The Kier molecular flexibility index (Phi) is 3.14. The average molecular weight is 286 g/mol. The van der Waals surface area contributed by atoms with E-state index in [0.29, 0.717) is 0 Å². The van der Waals surface area contributed by atoms with Crippen LogP contribution in [-0.4, -0.2) is 25.6 Å². The van der Waals surface area contributed by atoms with E-state index in [1.54, 1.807) is 0 Å². The first-order chi connectivity index (χ1) is 10.3. The normalized spacial score (nSPS) is 25.8. The monoisotopic (exact) mass is 286 g/mol. The Morgan fingerprint density at radius 3 is 3.05 bits per heavy atom. The quantitative estimate of drug-likeness (QED) is 0.877. The fraction of sp³-hybridized carbons (Fsp3) is 0.588. The van der Waals surface area contributed by atoms with Crippen LogP contribution >= 0.6 is 0 Å². The fourth-order valence-corrected chi connectivity index (χ4v) is 3.90. The van der Waals surface area contributed by atoms with Gasteiger partial charge in [0.2, 0.25) is 5.91 Å². The molecule has 4 heteroatoms. The lowest BCUT2D eigenvalue weighted by molar-refractivity contribution is -0.118. The van der Waals surface area contributed by atoms with Crippen LogP contribution in [0.15, 0.2) is 18.2 Å². The Hall–Kier alpha value is -1.55. The van der Waals surface area contributed by atoms with Gasteiger partial charge in [-0.1, -0.05) is 12.1 Å². The first kappa shape index (κ1) is 13.1. The number of aryl methyl sites for hydroxylation is 1. The van der Waals surface area contributed by atoms with E-state index in [1.807, 2.05) is 12.1 Å². The van der Waals surface area contributed by atoms with Crippen LogP contribution in [0.5, 0.6) is 5.75 Å². The van der Waals surface area contributed by atoms with Gasteiger partial charge in [0.1, 0.15) is 5.75 Å². The van der Waals surface area contributed by atoms with Gasteiger partial charge in [0, 0.05) is 5.92 Å². The molecule has 2 fully saturated rings. The lowest BCUT2D eigenvalue weighted by atomic mass is 9.91. The molecule has 2 N–H and O–H groups in total. The van der Waals surface area contributed by atoms with Crippen molar-refractivity contribution in [3.05, 3.63) is 23.8 Å². The zero-order chi connectivity index (χ0) is 14.3. The van der Waals surface area contributed by atoms with E-state index >= 15 is 0 Å². The summed E-state index contributed by atoms with van der Waals surface area (Å²) in [5.74, 6) is 1.26. The molecule has 0 bridgehead atoms. The molecule has 1 saturated carbocycles. The minimum Gasteiger partial charge on any atom is -0.491 e. The molecule has 1 aromatic carbocycles. The smallest absolute Gasteiger partial charge is 0.228 e. The van der Waals surface area contributed by atoms with Crippen LogP contribution < -0.4 is 15.4 Å². The Morgan fingerprint density at radius 2 is 2.19 bits per heavy atom. The van der Waals surface area contributed by atoms with Gasteiger partial charge in [0.15, 0.2) is 0 Å². The number of hydrogen-bond donors (Lipinski definition) is 2. The molecule has 0 aromatic heterocycles. The molecule has 0 radical (unpaired) electrons. The van der Waals surface area contributed by atoms with Crippen LogP contribution in [0.4, 0.5) is 5.69 Å². The molecule has 21 heavy (non-hydrogen) atoms. The molecule has 1 unspecified atom stereocenters. The Balaban J connectivity index is 1.48. The van der Waals surface area contributed by atoms with Crippen molar-refractivity contribution in [1.29, 1.82) is 0 Å². The van der Waals surface area contributed by atoms with Crippen LogP contribution in [0, 0.1) is 11.3 Å². The molecule has 1 aliphatic carbocycles. The number of fused-ring (bicyclic) bond motifs is 1. The molecular formula is C17H22N2O2. The zero-order valence-corrected chi connectivity index (χ0v) is 12.3. The van der Waals surface area contributed by atoms with Crippen molar-refractivity contribution in [1.82, 2.24) is 5.32 Å². The summed E-state index contributed by atoms with van der Waals surface area (Å²) >= 11 is 0. The van der Waals surface area contributed by atoms with Crippen LogP contribution in [-0.2, 0) is 11.2 Å². The number of carbonyl (C=O) groups excluding carboxylic acids is 1. The standard InChI is InChI=1S/C17H22N2O2/c20-16(13-11-17(13)6-8-18-9-7-17)19-14-5-1-3-12-4-2-10-21-15(12)14/h1,3,5,13,18H,2,4,6-11H2,(H,19,20). The van der Waals surface area contributed by atoms with Gasteiger partial charge in [0.05, 0.1) is 12.3 Å². The minimum atomic E-state index is 0.180. The Labute approximate surface area is 125 Å². The predicted octanol–water partition coefficient (Wildman–Crippen LogP) is 2.34.